The van der Waals surface area contributed by atoms with Crippen LogP contribution in [-0.2, 0) is 6.54 Å². The zero-order chi connectivity index (χ0) is 22.1. The maximum atomic E-state index is 12.7. The number of nitrogens with zero attached hydrogens (tertiary/aromatic N) is 4. The molecule has 1 saturated heterocycles. The average molecular weight is 431 g/mol. The molecule has 0 radical (unpaired) electrons. The number of hydrogen-bond acceptors (Lipinski definition) is 5. The van der Waals surface area contributed by atoms with Crippen molar-refractivity contribution in [3.05, 3.63) is 78.0 Å². The van der Waals surface area contributed by atoms with E-state index in [1.807, 2.05) is 48.2 Å². The van der Waals surface area contributed by atoms with Crippen LogP contribution in [0.3, 0.4) is 0 Å². The summed E-state index contributed by atoms with van der Waals surface area (Å²) in [7, 11) is 1.67. The predicted octanol–water partition coefficient (Wildman–Crippen LogP) is 3.89. The van der Waals surface area contributed by atoms with Crippen molar-refractivity contribution in [1.82, 2.24) is 19.4 Å². The van der Waals surface area contributed by atoms with Crippen molar-refractivity contribution >= 4 is 16.9 Å². The second-order valence-electron chi connectivity index (χ2n) is 8.03. The van der Waals surface area contributed by atoms with E-state index in [-0.39, 0.29) is 5.91 Å². The fourth-order valence-corrected chi connectivity index (χ4v) is 4.22. The molecule has 0 spiro atoms. The average Bonchev–Trinajstić information content (AvgIpc) is 3.42. The third-order valence-electron chi connectivity index (χ3n) is 5.94. The first kappa shape index (κ1) is 20.3. The van der Waals surface area contributed by atoms with Gasteiger partial charge in [0, 0.05) is 31.9 Å². The molecule has 7 nitrogen and oxygen atoms in total. The van der Waals surface area contributed by atoms with Gasteiger partial charge in [0.25, 0.3) is 5.91 Å². The Morgan fingerprint density at radius 2 is 1.75 bits per heavy atom. The first-order valence-electron chi connectivity index (χ1n) is 10.8. The number of hydrogen-bond donors (Lipinski definition) is 0. The van der Waals surface area contributed by atoms with E-state index in [0.29, 0.717) is 25.4 Å². The molecule has 0 N–H and O–H groups in total. The van der Waals surface area contributed by atoms with Gasteiger partial charge >= 0.3 is 0 Å². The van der Waals surface area contributed by atoms with Crippen LogP contribution < -0.4 is 4.74 Å². The molecule has 0 unspecified atom stereocenters. The van der Waals surface area contributed by atoms with Crippen molar-refractivity contribution in [3.8, 4) is 11.4 Å². The second kappa shape index (κ2) is 8.51. The summed E-state index contributed by atoms with van der Waals surface area (Å²) in [6.07, 6.45) is 0. The summed E-state index contributed by atoms with van der Waals surface area (Å²) in [5.41, 5.74) is 3.10. The highest BCUT2D eigenvalue weighted by atomic mass is 16.5. The Labute approximate surface area is 186 Å². The highest BCUT2D eigenvalue weighted by Gasteiger charge is 2.25. The summed E-state index contributed by atoms with van der Waals surface area (Å²) < 4.78 is 13.0. The first-order chi connectivity index (χ1) is 15.6. The van der Waals surface area contributed by atoms with Gasteiger partial charge in [-0.3, -0.25) is 14.3 Å². The Bertz CT molecular complexity index is 1230. The second-order valence-corrected chi connectivity index (χ2v) is 8.03. The molecule has 1 aliphatic heterocycles. The van der Waals surface area contributed by atoms with E-state index in [9.17, 15) is 4.79 Å². The number of aryl methyl sites for hydroxylation is 1. The van der Waals surface area contributed by atoms with Crippen molar-refractivity contribution in [1.29, 1.82) is 0 Å². The predicted molar refractivity (Wildman–Crippen MR) is 122 cm³/mol. The molecule has 1 aliphatic rings. The lowest BCUT2D eigenvalue weighted by molar-refractivity contribution is 0.0593. The number of amides is 1. The van der Waals surface area contributed by atoms with E-state index in [1.165, 1.54) is 0 Å². The van der Waals surface area contributed by atoms with Gasteiger partial charge in [-0.25, -0.2) is 4.98 Å². The summed E-state index contributed by atoms with van der Waals surface area (Å²) in [6, 6.07) is 19.8. The van der Waals surface area contributed by atoms with Gasteiger partial charge in [0.1, 0.15) is 17.3 Å². The molecule has 4 aromatic rings. The maximum Gasteiger partial charge on any atom is 0.289 e. The lowest BCUT2D eigenvalue weighted by Crippen LogP contribution is -2.48. The van der Waals surface area contributed by atoms with E-state index in [4.69, 9.17) is 14.1 Å². The molecule has 5 rings (SSSR count). The molecule has 0 saturated carbocycles. The molecule has 0 aliphatic carbocycles. The van der Waals surface area contributed by atoms with Crippen LogP contribution >= 0.6 is 0 Å². The Hall–Kier alpha value is -3.58. The van der Waals surface area contributed by atoms with Crippen LogP contribution in [0.25, 0.3) is 16.7 Å². The Balaban J connectivity index is 1.35. The Kier molecular flexibility index (Phi) is 5.41. The highest BCUT2D eigenvalue weighted by molar-refractivity contribution is 5.91. The number of methoxy groups -OCH3 is 1. The number of para-hydroxylation sites is 2. The number of benzene rings is 2. The van der Waals surface area contributed by atoms with Crippen LogP contribution in [0, 0.1) is 6.92 Å². The third kappa shape index (κ3) is 3.87. The number of fused-ring (bicyclic) bond motifs is 1. The van der Waals surface area contributed by atoms with Crippen LogP contribution in [0.1, 0.15) is 22.1 Å². The van der Waals surface area contributed by atoms with Crippen molar-refractivity contribution < 1.29 is 13.9 Å². The number of imidazole rings is 1. The van der Waals surface area contributed by atoms with Crippen molar-refractivity contribution in [2.45, 2.75) is 13.5 Å². The summed E-state index contributed by atoms with van der Waals surface area (Å²) in [6.45, 7) is 5.48. The smallest absolute Gasteiger partial charge is 0.289 e. The molecule has 2 aromatic carbocycles. The van der Waals surface area contributed by atoms with Crippen LogP contribution in [0.2, 0.25) is 0 Å². The summed E-state index contributed by atoms with van der Waals surface area (Å²) in [5.74, 6) is 2.94. The van der Waals surface area contributed by atoms with Crippen LogP contribution in [0.4, 0.5) is 0 Å². The standard InChI is InChI=1S/C25H26N4O3/c1-18-7-12-23(32-18)25(30)28-15-13-27(14-16-28)17-24-26-21-5-3-4-6-22(21)29(24)19-8-10-20(31-2)11-9-19/h3-12H,13-17H2,1-2H3. The molecule has 7 heteroatoms. The van der Waals surface area contributed by atoms with Crippen molar-refractivity contribution in [3.63, 3.8) is 0 Å². The maximum absolute atomic E-state index is 12.7. The first-order valence-corrected chi connectivity index (χ1v) is 10.8. The molecule has 32 heavy (non-hydrogen) atoms. The van der Waals surface area contributed by atoms with E-state index in [1.54, 1.807) is 13.2 Å². The highest BCUT2D eigenvalue weighted by Crippen LogP contribution is 2.24. The Morgan fingerprint density at radius 3 is 2.44 bits per heavy atom. The minimum absolute atomic E-state index is 0.0387. The van der Waals surface area contributed by atoms with Gasteiger partial charge in [0.05, 0.1) is 24.7 Å². The van der Waals surface area contributed by atoms with E-state index < -0.39 is 0 Å². The topological polar surface area (TPSA) is 63.7 Å². The molecule has 0 atom stereocenters. The molecular weight excluding hydrogens is 404 g/mol. The molecule has 164 valence electrons. The minimum Gasteiger partial charge on any atom is -0.497 e. The van der Waals surface area contributed by atoms with Crippen LogP contribution in [-0.4, -0.2) is 58.5 Å². The lowest BCUT2D eigenvalue weighted by atomic mass is 10.2. The Morgan fingerprint density at radius 1 is 1.00 bits per heavy atom. The third-order valence-corrected chi connectivity index (χ3v) is 5.94. The number of carbonyl (C=O) groups excluding carboxylic acids is 1. The summed E-state index contributed by atoms with van der Waals surface area (Å²) in [5, 5.41) is 0. The number of aromatic nitrogens is 2. The fourth-order valence-electron chi connectivity index (χ4n) is 4.22. The number of piperazine rings is 1. The van der Waals surface area contributed by atoms with E-state index in [0.717, 1.165) is 47.1 Å². The van der Waals surface area contributed by atoms with Crippen LogP contribution in [0.15, 0.2) is 65.1 Å². The normalized spacial score (nSPS) is 14.8. The summed E-state index contributed by atoms with van der Waals surface area (Å²) >= 11 is 0. The van der Waals surface area contributed by atoms with Crippen molar-refractivity contribution in [2.24, 2.45) is 0 Å². The minimum atomic E-state index is -0.0387. The monoisotopic (exact) mass is 430 g/mol. The van der Waals surface area contributed by atoms with E-state index >= 15 is 0 Å². The number of carbonyl (C=O) groups is 1. The number of furan rings is 1. The zero-order valence-corrected chi connectivity index (χ0v) is 18.3. The lowest BCUT2D eigenvalue weighted by Gasteiger charge is -2.34. The van der Waals surface area contributed by atoms with Gasteiger partial charge in [0.15, 0.2) is 5.76 Å². The fraction of sp³-hybridized carbons (Fsp3) is 0.280. The molecule has 0 bridgehead atoms. The molecular formula is C25H26N4O3. The molecule has 1 amide bonds. The van der Waals surface area contributed by atoms with Gasteiger partial charge in [-0.15, -0.1) is 0 Å². The SMILES string of the molecule is COc1ccc(-n2c(CN3CCN(C(=O)c4ccc(C)o4)CC3)nc3ccccc32)cc1. The van der Waals surface area contributed by atoms with Gasteiger partial charge in [-0.2, -0.15) is 0 Å². The van der Waals surface area contributed by atoms with Gasteiger partial charge in [-0.05, 0) is 55.5 Å². The van der Waals surface area contributed by atoms with Gasteiger partial charge in [0.2, 0.25) is 0 Å². The molecule has 2 aromatic heterocycles. The molecule has 1 fully saturated rings. The van der Waals surface area contributed by atoms with Crippen molar-refractivity contribution in [2.75, 3.05) is 33.3 Å². The summed E-state index contributed by atoms with van der Waals surface area (Å²) in [4.78, 5) is 21.8. The quantitative estimate of drug-likeness (QED) is 0.481. The number of ether oxygens (including phenoxy) is 1. The number of rotatable bonds is 5. The van der Waals surface area contributed by atoms with E-state index in [2.05, 4.69) is 27.7 Å². The van der Waals surface area contributed by atoms with Gasteiger partial charge in [-0.1, -0.05) is 12.1 Å². The van der Waals surface area contributed by atoms with Gasteiger partial charge < -0.3 is 14.1 Å². The van der Waals surface area contributed by atoms with Crippen LogP contribution in [0.5, 0.6) is 5.75 Å². The molecule has 3 heterocycles. The zero-order valence-electron chi connectivity index (χ0n) is 18.3. The largest absolute Gasteiger partial charge is 0.497 e.